The van der Waals surface area contributed by atoms with Crippen molar-refractivity contribution in [3.8, 4) is 0 Å². The van der Waals surface area contributed by atoms with E-state index in [9.17, 15) is 18.4 Å². The third-order valence-corrected chi connectivity index (χ3v) is 3.92. The molecule has 0 bridgehead atoms. The van der Waals surface area contributed by atoms with E-state index in [4.69, 9.17) is 0 Å². The van der Waals surface area contributed by atoms with Gasteiger partial charge >= 0.3 is 0 Å². The fourth-order valence-electron chi connectivity index (χ4n) is 2.78. The number of aryl methyl sites for hydroxylation is 1. The molecule has 1 unspecified atom stereocenters. The van der Waals surface area contributed by atoms with Gasteiger partial charge in [-0.25, -0.2) is 8.78 Å². The molecular formula is C15H17F2N3O2. The van der Waals surface area contributed by atoms with Crippen molar-refractivity contribution in [3.63, 3.8) is 0 Å². The summed E-state index contributed by atoms with van der Waals surface area (Å²) in [5.41, 5.74) is 2.23. The van der Waals surface area contributed by atoms with Crippen LogP contribution < -0.4 is 16.0 Å². The van der Waals surface area contributed by atoms with Crippen LogP contribution in [0.3, 0.4) is 0 Å². The maximum atomic E-state index is 13.1. The van der Waals surface area contributed by atoms with Crippen molar-refractivity contribution >= 4 is 23.2 Å². The number of nitrogens with one attached hydrogen (secondary N) is 3. The first kappa shape index (κ1) is 14.9. The first-order chi connectivity index (χ1) is 10.4. The van der Waals surface area contributed by atoms with Gasteiger partial charge in [-0.3, -0.25) is 14.9 Å². The molecule has 1 saturated heterocycles. The van der Waals surface area contributed by atoms with E-state index in [2.05, 4.69) is 16.0 Å². The van der Waals surface area contributed by atoms with E-state index in [1.54, 1.807) is 18.2 Å². The van der Waals surface area contributed by atoms with Gasteiger partial charge in [0.15, 0.2) is 0 Å². The Kier molecular flexibility index (Phi) is 3.82. The molecule has 2 amide bonds. The average Bonchev–Trinajstić information content (AvgIpc) is 2.71. The highest BCUT2D eigenvalue weighted by atomic mass is 19.3. The Bertz CT molecular complexity index is 619. The number of anilines is 2. The van der Waals surface area contributed by atoms with Crippen molar-refractivity contribution in [2.45, 2.75) is 37.6 Å². The molecule has 0 spiro atoms. The number of benzene rings is 1. The average molecular weight is 309 g/mol. The second-order valence-corrected chi connectivity index (χ2v) is 5.76. The van der Waals surface area contributed by atoms with Gasteiger partial charge in [0.05, 0.1) is 12.6 Å². The molecule has 2 heterocycles. The van der Waals surface area contributed by atoms with Crippen LogP contribution >= 0.6 is 0 Å². The summed E-state index contributed by atoms with van der Waals surface area (Å²) < 4.78 is 26.2. The number of carbonyl (C=O) groups is 2. The van der Waals surface area contributed by atoms with E-state index in [0.29, 0.717) is 12.1 Å². The number of rotatable bonds is 2. The zero-order valence-corrected chi connectivity index (χ0v) is 11.9. The highest BCUT2D eigenvalue weighted by Crippen LogP contribution is 2.27. The Hall–Kier alpha value is -2.02. The summed E-state index contributed by atoms with van der Waals surface area (Å²) in [6.07, 6.45) is 1.46. The highest BCUT2D eigenvalue weighted by Gasteiger charge is 2.42. The highest BCUT2D eigenvalue weighted by molar-refractivity contribution is 5.96. The van der Waals surface area contributed by atoms with Crippen LogP contribution in [0.15, 0.2) is 18.2 Å². The number of fused-ring (bicyclic) bond motifs is 1. The summed E-state index contributed by atoms with van der Waals surface area (Å²) >= 11 is 0. The standard InChI is InChI=1S/C15H17F2N3O2/c16-15(17)7-12(18-8-15)14(22)19-10-4-5-11-9(6-10)2-1-3-13(21)20-11/h4-6,12,18H,1-3,7-8H2,(H,19,22)(H,20,21). The second kappa shape index (κ2) is 5.64. The topological polar surface area (TPSA) is 70.2 Å². The minimum atomic E-state index is -2.83. The molecular weight excluding hydrogens is 292 g/mol. The smallest absolute Gasteiger partial charge is 0.262 e. The third-order valence-electron chi connectivity index (χ3n) is 3.92. The van der Waals surface area contributed by atoms with E-state index in [1.807, 2.05) is 0 Å². The fraction of sp³-hybridized carbons (Fsp3) is 0.467. The van der Waals surface area contributed by atoms with Crippen LogP contribution in [-0.4, -0.2) is 30.3 Å². The summed E-state index contributed by atoms with van der Waals surface area (Å²) in [7, 11) is 0. The van der Waals surface area contributed by atoms with Crippen LogP contribution in [0, 0.1) is 0 Å². The van der Waals surface area contributed by atoms with Crippen LogP contribution in [0.4, 0.5) is 20.2 Å². The van der Waals surface area contributed by atoms with Gasteiger partial charge in [0, 0.05) is 24.2 Å². The minimum Gasteiger partial charge on any atom is -0.326 e. The van der Waals surface area contributed by atoms with E-state index in [-0.39, 0.29) is 5.91 Å². The molecule has 0 radical (unpaired) electrons. The van der Waals surface area contributed by atoms with E-state index in [1.165, 1.54) is 0 Å². The maximum Gasteiger partial charge on any atom is 0.262 e. The SMILES string of the molecule is O=C1CCCc2cc(NC(=O)C3CC(F)(F)CN3)ccc2N1. The third kappa shape index (κ3) is 3.24. The number of hydrogen-bond acceptors (Lipinski definition) is 3. The normalized spacial score (nSPS) is 23.4. The second-order valence-electron chi connectivity index (χ2n) is 5.76. The molecule has 1 aromatic carbocycles. The van der Waals surface area contributed by atoms with Gasteiger partial charge in [-0.2, -0.15) is 0 Å². The van der Waals surface area contributed by atoms with Gasteiger partial charge in [-0.15, -0.1) is 0 Å². The Morgan fingerprint density at radius 2 is 2.14 bits per heavy atom. The van der Waals surface area contributed by atoms with Crippen LogP contribution in [-0.2, 0) is 16.0 Å². The Morgan fingerprint density at radius 1 is 1.32 bits per heavy atom. The quantitative estimate of drug-likeness (QED) is 0.781. The number of halogens is 2. The van der Waals surface area contributed by atoms with Crippen LogP contribution in [0.25, 0.3) is 0 Å². The van der Waals surface area contributed by atoms with Gasteiger partial charge in [0.25, 0.3) is 5.92 Å². The zero-order valence-electron chi connectivity index (χ0n) is 11.9. The van der Waals surface area contributed by atoms with E-state index >= 15 is 0 Å². The predicted octanol–water partition coefficient (Wildman–Crippen LogP) is 1.90. The summed E-state index contributed by atoms with van der Waals surface area (Å²) in [5, 5.41) is 7.99. The predicted molar refractivity (Wildman–Crippen MR) is 78.0 cm³/mol. The van der Waals surface area contributed by atoms with E-state index in [0.717, 1.165) is 24.1 Å². The van der Waals surface area contributed by atoms with Crippen LogP contribution in [0.5, 0.6) is 0 Å². The molecule has 0 aromatic heterocycles. The Morgan fingerprint density at radius 3 is 2.86 bits per heavy atom. The molecule has 2 aliphatic heterocycles. The first-order valence-electron chi connectivity index (χ1n) is 7.28. The lowest BCUT2D eigenvalue weighted by atomic mass is 10.1. The van der Waals surface area contributed by atoms with Crippen molar-refractivity contribution in [1.82, 2.24) is 5.32 Å². The van der Waals surface area contributed by atoms with Crippen molar-refractivity contribution in [2.24, 2.45) is 0 Å². The summed E-state index contributed by atoms with van der Waals surface area (Å²) in [5.74, 6) is -3.32. The molecule has 0 saturated carbocycles. The number of hydrogen-bond donors (Lipinski definition) is 3. The fourth-order valence-corrected chi connectivity index (χ4v) is 2.78. The van der Waals surface area contributed by atoms with Gasteiger partial charge in [-0.1, -0.05) is 0 Å². The van der Waals surface area contributed by atoms with Gasteiger partial charge in [0.2, 0.25) is 11.8 Å². The van der Waals surface area contributed by atoms with Crippen molar-refractivity contribution in [1.29, 1.82) is 0 Å². The van der Waals surface area contributed by atoms with Gasteiger partial charge in [-0.05, 0) is 36.6 Å². The van der Waals surface area contributed by atoms with Gasteiger partial charge < -0.3 is 10.6 Å². The summed E-state index contributed by atoms with van der Waals surface area (Å²) in [6.45, 7) is -0.471. The number of alkyl halides is 2. The molecule has 1 aromatic rings. The lowest BCUT2D eigenvalue weighted by Gasteiger charge is -2.13. The van der Waals surface area contributed by atoms with Crippen molar-refractivity contribution in [2.75, 3.05) is 17.2 Å². The molecule has 2 aliphatic rings. The molecule has 0 aliphatic carbocycles. The lowest BCUT2D eigenvalue weighted by Crippen LogP contribution is -2.35. The monoisotopic (exact) mass is 309 g/mol. The lowest BCUT2D eigenvalue weighted by molar-refractivity contribution is -0.118. The molecule has 1 atom stereocenters. The van der Waals surface area contributed by atoms with Crippen molar-refractivity contribution < 1.29 is 18.4 Å². The molecule has 118 valence electrons. The zero-order chi connectivity index (χ0) is 15.7. The summed E-state index contributed by atoms with van der Waals surface area (Å²) in [6, 6.07) is 4.29. The summed E-state index contributed by atoms with van der Waals surface area (Å²) in [4.78, 5) is 23.5. The van der Waals surface area contributed by atoms with Gasteiger partial charge in [0.1, 0.15) is 0 Å². The molecule has 5 nitrogen and oxygen atoms in total. The Labute approximate surface area is 126 Å². The molecule has 1 fully saturated rings. The maximum absolute atomic E-state index is 13.1. The minimum absolute atomic E-state index is 0.0204. The van der Waals surface area contributed by atoms with Crippen LogP contribution in [0.2, 0.25) is 0 Å². The largest absolute Gasteiger partial charge is 0.326 e. The Balaban J connectivity index is 1.70. The first-order valence-corrected chi connectivity index (χ1v) is 7.28. The van der Waals surface area contributed by atoms with E-state index < -0.39 is 30.8 Å². The molecule has 3 N–H and O–H groups in total. The molecule has 3 rings (SSSR count). The number of amides is 2. The van der Waals surface area contributed by atoms with Crippen LogP contribution in [0.1, 0.15) is 24.8 Å². The number of carbonyl (C=O) groups excluding carboxylic acids is 2. The van der Waals surface area contributed by atoms with Crippen molar-refractivity contribution in [3.05, 3.63) is 23.8 Å². The molecule has 7 heteroatoms. The molecule has 22 heavy (non-hydrogen) atoms.